The summed E-state index contributed by atoms with van der Waals surface area (Å²) >= 11 is 0. The first-order valence-electron chi connectivity index (χ1n) is 10.8. The zero-order valence-electron chi connectivity index (χ0n) is 19.0. The van der Waals surface area contributed by atoms with E-state index in [1.165, 1.54) is 22.1 Å². The van der Waals surface area contributed by atoms with Gasteiger partial charge in [-0.3, -0.25) is 4.79 Å². The Kier molecular flexibility index (Phi) is 7.24. The number of rotatable bonds is 7. The van der Waals surface area contributed by atoms with Gasteiger partial charge in [-0.2, -0.15) is 4.31 Å². The topological polar surface area (TPSA) is 80.6 Å². The molecule has 1 atom stereocenters. The molecule has 1 fully saturated rings. The zero-order chi connectivity index (χ0) is 22.8. The Morgan fingerprint density at radius 3 is 2.16 bits per heavy atom. The predicted molar refractivity (Wildman–Crippen MR) is 121 cm³/mol. The highest BCUT2D eigenvalue weighted by Gasteiger charge is 2.29. The van der Waals surface area contributed by atoms with E-state index in [4.69, 9.17) is 4.74 Å². The molecule has 1 aliphatic heterocycles. The highest BCUT2D eigenvalue weighted by molar-refractivity contribution is 7.89. The first-order valence-corrected chi connectivity index (χ1v) is 12.2. The molecule has 1 unspecified atom stereocenters. The molecule has 1 saturated heterocycles. The molecule has 2 aromatic rings. The van der Waals surface area contributed by atoms with Crippen LogP contribution < -0.4 is 5.32 Å². The van der Waals surface area contributed by atoms with Gasteiger partial charge in [0.05, 0.1) is 19.3 Å². The number of benzene rings is 1. The molecule has 1 N–H and O–H groups in total. The monoisotopic (exact) mass is 447 g/mol. The largest absolute Gasteiger partial charge is 0.379 e. The Morgan fingerprint density at radius 2 is 1.61 bits per heavy atom. The molecule has 0 radical (unpaired) electrons. The smallest absolute Gasteiger partial charge is 0.268 e. The van der Waals surface area contributed by atoms with Crippen molar-refractivity contribution in [2.24, 2.45) is 13.0 Å². The van der Waals surface area contributed by atoms with Crippen LogP contribution in [0.25, 0.3) is 0 Å². The molecule has 7 nitrogen and oxygen atoms in total. The third-order valence-electron chi connectivity index (χ3n) is 5.74. The van der Waals surface area contributed by atoms with Crippen LogP contribution in [0.5, 0.6) is 0 Å². The van der Waals surface area contributed by atoms with Gasteiger partial charge in [-0.15, -0.1) is 0 Å². The molecule has 3 rings (SSSR count). The van der Waals surface area contributed by atoms with Crippen molar-refractivity contribution in [1.82, 2.24) is 14.2 Å². The Balaban J connectivity index is 1.81. The number of hydrogen-bond donors (Lipinski definition) is 1. The second kappa shape index (κ2) is 9.54. The van der Waals surface area contributed by atoms with Gasteiger partial charge in [0.15, 0.2) is 0 Å². The normalized spacial score (nSPS) is 16.6. The van der Waals surface area contributed by atoms with Crippen molar-refractivity contribution in [2.75, 3.05) is 26.3 Å². The van der Waals surface area contributed by atoms with Crippen molar-refractivity contribution < 1.29 is 17.9 Å². The Labute approximate surface area is 185 Å². The fourth-order valence-electron chi connectivity index (χ4n) is 3.78. The minimum atomic E-state index is -3.65. The summed E-state index contributed by atoms with van der Waals surface area (Å²) < 4.78 is 34.1. The Morgan fingerprint density at radius 1 is 1.03 bits per heavy atom. The highest BCUT2D eigenvalue weighted by atomic mass is 32.2. The van der Waals surface area contributed by atoms with E-state index in [1.54, 1.807) is 11.6 Å². The van der Waals surface area contributed by atoms with Crippen molar-refractivity contribution in [3.63, 3.8) is 0 Å². The maximum absolute atomic E-state index is 13.1. The predicted octanol–water partition coefficient (Wildman–Crippen LogP) is 3.30. The van der Waals surface area contributed by atoms with Crippen LogP contribution in [0.4, 0.5) is 0 Å². The van der Waals surface area contributed by atoms with Gasteiger partial charge in [-0.25, -0.2) is 8.42 Å². The van der Waals surface area contributed by atoms with E-state index in [1.807, 2.05) is 0 Å². The minimum absolute atomic E-state index is 0.129. The molecule has 0 spiro atoms. The number of aryl methyl sites for hydroxylation is 1. The second-order valence-corrected chi connectivity index (χ2v) is 10.6. The number of carbonyl (C=O) groups excluding carboxylic acids is 1. The number of morpholine rings is 1. The summed E-state index contributed by atoms with van der Waals surface area (Å²) in [5, 5.41) is 3.09. The van der Waals surface area contributed by atoms with Gasteiger partial charge in [0, 0.05) is 26.3 Å². The maximum Gasteiger partial charge on any atom is 0.268 e. The van der Waals surface area contributed by atoms with Crippen LogP contribution >= 0.6 is 0 Å². The Hall–Kier alpha value is -2.16. The summed E-state index contributed by atoms with van der Waals surface area (Å²) in [7, 11) is -1.97. The van der Waals surface area contributed by atoms with Crippen LogP contribution in [-0.2, 0) is 21.8 Å². The third-order valence-corrected chi connectivity index (χ3v) is 7.60. The number of ether oxygens (including phenoxy) is 1. The number of aromatic nitrogens is 1. The van der Waals surface area contributed by atoms with Crippen molar-refractivity contribution in [1.29, 1.82) is 0 Å². The SMILES string of the molecule is CC(C)c1ccc(C(NC(=O)c2cc(S(=O)(=O)N3CCOCC3)cn2C)C(C)C)cc1. The number of nitrogens with zero attached hydrogens (tertiary/aromatic N) is 2. The maximum atomic E-state index is 13.1. The van der Waals surface area contributed by atoms with Crippen molar-refractivity contribution in [3.05, 3.63) is 53.3 Å². The molecule has 1 aromatic heterocycles. The van der Waals surface area contributed by atoms with E-state index >= 15 is 0 Å². The number of hydrogen-bond acceptors (Lipinski definition) is 4. The highest BCUT2D eigenvalue weighted by Crippen LogP contribution is 2.25. The van der Waals surface area contributed by atoms with Gasteiger partial charge in [0.25, 0.3) is 5.91 Å². The molecule has 0 aliphatic carbocycles. The fourth-order valence-corrected chi connectivity index (χ4v) is 5.26. The minimum Gasteiger partial charge on any atom is -0.379 e. The summed E-state index contributed by atoms with van der Waals surface area (Å²) in [6, 6.07) is 9.58. The van der Waals surface area contributed by atoms with Gasteiger partial charge in [0.2, 0.25) is 10.0 Å². The Bertz CT molecular complexity index is 1000. The van der Waals surface area contributed by atoms with E-state index in [9.17, 15) is 13.2 Å². The van der Waals surface area contributed by atoms with Gasteiger partial charge in [-0.1, -0.05) is 52.0 Å². The van der Waals surface area contributed by atoms with Crippen LogP contribution in [0, 0.1) is 5.92 Å². The van der Waals surface area contributed by atoms with Crippen LogP contribution in [0.3, 0.4) is 0 Å². The molecule has 1 aliphatic rings. The van der Waals surface area contributed by atoms with Crippen molar-refractivity contribution in [2.45, 2.75) is 44.6 Å². The summed E-state index contributed by atoms with van der Waals surface area (Å²) in [4.78, 5) is 13.2. The van der Waals surface area contributed by atoms with Gasteiger partial charge < -0.3 is 14.6 Å². The summed E-state index contributed by atoms with van der Waals surface area (Å²) in [5.74, 6) is 0.319. The van der Waals surface area contributed by atoms with E-state index in [0.29, 0.717) is 37.9 Å². The first kappa shape index (κ1) is 23.5. The molecular formula is C23H33N3O4S. The van der Waals surface area contributed by atoms with E-state index in [2.05, 4.69) is 57.3 Å². The average Bonchev–Trinajstić information content (AvgIpc) is 3.15. The number of sulfonamides is 1. The summed E-state index contributed by atoms with van der Waals surface area (Å²) in [6.07, 6.45) is 1.50. The van der Waals surface area contributed by atoms with Gasteiger partial charge in [0.1, 0.15) is 10.6 Å². The average molecular weight is 448 g/mol. The molecule has 170 valence electrons. The third kappa shape index (κ3) is 5.19. The van der Waals surface area contributed by atoms with Crippen molar-refractivity contribution >= 4 is 15.9 Å². The standard InChI is InChI=1S/C23H33N3O4S/c1-16(2)18-6-8-19(9-7-18)22(17(3)4)24-23(27)21-14-20(15-25(21)5)31(28,29)26-10-12-30-13-11-26/h6-9,14-17,22H,10-13H2,1-5H3,(H,24,27). The molecular weight excluding hydrogens is 414 g/mol. The fraction of sp³-hybridized carbons (Fsp3) is 0.522. The second-order valence-electron chi connectivity index (χ2n) is 8.70. The lowest BCUT2D eigenvalue weighted by Gasteiger charge is -2.25. The van der Waals surface area contributed by atoms with E-state index in [-0.39, 0.29) is 22.8 Å². The number of carbonyl (C=O) groups is 1. The number of amides is 1. The molecule has 8 heteroatoms. The molecule has 0 bridgehead atoms. The molecule has 31 heavy (non-hydrogen) atoms. The lowest BCUT2D eigenvalue weighted by Crippen LogP contribution is -2.40. The van der Waals surface area contributed by atoms with Crippen molar-refractivity contribution in [3.8, 4) is 0 Å². The lowest BCUT2D eigenvalue weighted by molar-refractivity contribution is 0.0730. The van der Waals surface area contributed by atoms with E-state index in [0.717, 1.165) is 5.56 Å². The summed E-state index contributed by atoms with van der Waals surface area (Å²) in [5.41, 5.74) is 2.59. The van der Waals surface area contributed by atoms with Gasteiger partial charge in [-0.05, 0) is 29.0 Å². The van der Waals surface area contributed by atoms with Crippen LogP contribution in [0.1, 0.15) is 61.3 Å². The van der Waals surface area contributed by atoms with Gasteiger partial charge >= 0.3 is 0 Å². The van der Waals surface area contributed by atoms with Crippen LogP contribution in [0.15, 0.2) is 41.4 Å². The molecule has 1 amide bonds. The first-order chi connectivity index (χ1) is 14.6. The molecule has 1 aromatic carbocycles. The zero-order valence-corrected chi connectivity index (χ0v) is 19.8. The quantitative estimate of drug-likeness (QED) is 0.706. The van der Waals surface area contributed by atoms with Crippen LogP contribution in [-0.4, -0.2) is 49.5 Å². The van der Waals surface area contributed by atoms with E-state index < -0.39 is 10.0 Å². The molecule has 2 heterocycles. The number of nitrogens with one attached hydrogen (secondary N) is 1. The van der Waals surface area contributed by atoms with Crippen LogP contribution in [0.2, 0.25) is 0 Å². The summed E-state index contributed by atoms with van der Waals surface area (Å²) in [6.45, 7) is 9.81. The lowest BCUT2D eigenvalue weighted by atomic mass is 9.93. The molecule has 0 saturated carbocycles.